The van der Waals surface area contributed by atoms with Crippen molar-refractivity contribution in [2.75, 3.05) is 46.0 Å². The van der Waals surface area contributed by atoms with Gasteiger partial charge in [0.1, 0.15) is 19.8 Å². The summed E-state index contributed by atoms with van der Waals surface area (Å²) in [6.07, 6.45) is 37.8. The van der Waals surface area contributed by atoms with Gasteiger partial charge in [-0.1, -0.05) is 214 Å². The van der Waals surface area contributed by atoms with Crippen molar-refractivity contribution in [2.45, 2.75) is 278 Å². The van der Waals surface area contributed by atoms with E-state index in [0.717, 1.165) is 81.9 Å². The highest BCUT2D eigenvalue weighted by Gasteiger charge is 2.30. The van der Waals surface area contributed by atoms with Crippen molar-refractivity contribution >= 4 is 19.8 Å². The second-order valence-corrected chi connectivity index (χ2v) is 20.4. The molecule has 0 aliphatic rings. The van der Waals surface area contributed by atoms with Crippen LogP contribution in [0.2, 0.25) is 0 Å². The number of unbranched alkanes of at least 4 members (excludes halogenated alkanes) is 28. The molecule has 0 aliphatic carbocycles. The maximum Gasteiger partial charge on any atom is 0.499 e. The summed E-state index contributed by atoms with van der Waals surface area (Å²) in [6, 6.07) is 1.92. The predicted octanol–water partition coefficient (Wildman–Crippen LogP) is 15.3. The second-order valence-electron chi connectivity index (χ2n) is 19.0. The summed E-state index contributed by atoms with van der Waals surface area (Å²) in [5.41, 5.74) is 0. The zero-order valence-corrected chi connectivity index (χ0v) is 44.4. The number of rotatable bonds is 52. The van der Waals surface area contributed by atoms with E-state index >= 15 is 0 Å². The van der Waals surface area contributed by atoms with Gasteiger partial charge in [0.15, 0.2) is 6.10 Å². The number of nitriles is 1. The molecule has 0 saturated carbocycles. The highest BCUT2D eigenvalue weighted by atomic mass is 31.2. The van der Waals surface area contributed by atoms with Gasteiger partial charge in [-0.05, 0) is 32.1 Å². The minimum Gasteiger partial charge on any atom is -0.462 e. The monoisotopic (exact) mass is 960 g/mol. The molecular weight excluding hydrogens is 856 g/mol. The first kappa shape index (κ1) is 64.4. The van der Waals surface area contributed by atoms with Crippen LogP contribution in [0.5, 0.6) is 0 Å². The standard InChI is InChI=1S/C53H103N2O10P/c1-6-11-13-15-17-19-21-23-25-27-29-31-33-35-37-39-51(56)60-48-50(63-52(57)40-38-36-34-32-30-28-26-24-22-20-18-16-14-12-7-2)49-61-53(41-42-54)64-65-66(58,59)62-47-46-55(43-8-3,44-9-4)45-10-5/h50,53H,6-41,43-49H2,1-5H3/p+1. The van der Waals surface area contributed by atoms with Crippen molar-refractivity contribution in [3.8, 4) is 6.07 Å². The van der Waals surface area contributed by atoms with Gasteiger partial charge in [-0.2, -0.15) is 10.1 Å². The van der Waals surface area contributed by atoms with Crippen LogP contribution in [0.1, 0.15) is 266 Å². The van der Waals surface area contributed by atoms with Gasteiger partial charge in [-0.3, -0.25) is 14.1 Å². The van der Waals surface area contributed by atoms with Crippen LogP contribution in [0.25, 0.3) is 0 Å². The Morgan fingerprint density at radius 1 is 0.530 bits per heavy atom. The number of phosphoric acid groups is 1. The Hall–Kier alpha value is -1.58. The third-order valence-corrected chi connectivity index (χ3v) is 13.4. The van der Waals surface area contributed by atoms with Crippen molar-refractivity contribution in [3.05, 3.63) is 0 Å². The molecule has 0 aromatic carbocycles. The molecule has 0 spiro atoms. The maximum atomic E-state index is 13.0. The Labute approximate surface area is 405 Å². The Kier molecular flexibility index (Phi) is 46.0. The van der Waals surface area contributed by atoms with Crippen LogP contribution in [0.3, 0.4) is 0 Å². The van der Waals surface area contributed by atoms with E-state index in [0.29, 0.717) is 13.0 Å². The highest BCUT2D eigenvalue weighted by Crippen LogP contribution is 2.44. The lowest BCUT2D eigenvalue weighted by molar-refractivity contribution is -0.928. The van der Waals surface area contributed by atoms with E-state index in [1.165, 1.54) is 148 Å². The number of carbonyl (C=O) groups is 2. The lowest BCUT2D eigenvalue weighted by Gasteiger charge is -2.38. The van der Waals surface area contributed by atoms with Crippen LogP contribution < -0.4 is 0 Å². The fraction of sp³-hybridized carbons (Fsp3) is 0.943. The van der Waals surface area contributed by atoms with Gasteiger partial charge in [0.2, 0.25) is 6.29 Å². The van der Waals surface area contributed by atoms with Crippen LogP contribution in [0, 0.1) is 11.3 Å². The number of carbonyl (C=O) groups excluding carboxylic acids is 2. The first-order valence-electron chi connectivity index (χ1n) is 27.6. The molecule has 0 aromatic heterocycles. The summed E-state index contributed by atoms with van der Waals surface area (Å²) in [6.45, 7) is 13.7. The summed E-state index contributed by atoms with van der Waals surface area (Å²) in [4.78, 5) is 41.2. The summed E-state index contributed by atoms with van der Waals surface area (Å²) in [5, 5.41) is 9.44. The molecule has 3 atom stereocenters. The van der Waals surface area contributed by atoms with Crippen molar-refractivity contribution < 1.29 is 51.8 Å². The fourth-order valence-electron chi connectivity index (χ4n) is 8.88. The zero-order valence-electron chi connectivity index (χ0n) is 43.5. The Morgan fingerprint density at radius 3 is 1.29 bits per heavy atom. The lowest BCUT2D eigenvalue weighted by Crippen LogP contribution is -2.51. The van der Waals surface area contributed by atoms with Crippen LogP contribution in [0.15, 0.2) is 0 Å². The molecule has 0 aromatic rings. The molecule has 66 heavy (non-hydrogen) atoms. The van der Waals surface area contributed by atoms with Crippen LogP contribution >= 0.6 is 7.82 Å². The Morgan fingerprint density at radius 2 is 0.909 bits per heavy atom. The molecule has 0 heterocycles. The average molecular weight is 960 g/mol. The van der Waals surface area contributed by atoms with Gasteiger partial charge >= 0.3 is 19.8 Å². The summed E-state index contributed by atoms with van der Waals surface area (Å²) in [7, 11) is -4.65. The van der Waals surface area contributed by atoms with Crippen LogP contribution in [-0.2, 0) is 42.5 Å². The van der Waals surface area contributed by atoms with E-state index in [1.807, 2.05) is 6.07 Å². The first-order valence-corrected chi connectivity index (χ1v) is 29.1. The van der Waals surface area contributed by atoms with Crippen molar-refractivity contribution in [2.24, 2.45) is 0 Å². The normalized spacial score (nSPS) is 13.6. The van der Waals surface area contributed by atoms with Crippen molar-refractivity contribution in [1.82, 2.24) is 0 Å². The topological polar surface area (TPSA) is 151 Å². The number of quaternary nitrogens is 1. The van der Waals surface area contributed by atoms with Gasteiger partial charge in [0, 0.05) is 12.8 Å². The molecule has 0 aliphatic heterocycles. The van der Waals surface area contributed by atoms with E-state index in [1.54, 1.807) is 0 Å². The van der Waals surface area contributed by atoms with Crippen LogP contribution in [-0.4, -0.2) is 79.7 Å². The van der Waals surface area contributed by atoms with E-state index in [2.05, 4.69) is 34.6 Å². The third-order valence-electron chi connectivity index (χ3n) is 12.6. The average Bonchev–Trinajstić information content (AvgIpc) is 3.29. The molecule has 12 nitrogen and oxygen atoms in total. The highest BCUT2D eigenvalue weighted by molar-refractivity contribution is 7.47. The summed E-state index contributed by atoms with van der Waals surface area (Å²) >= 11 is 0. The lowest BCUT2D eigenvalue weighted by atomic mass is 10.0. The molecule has 0 bridgehead atoms. The molecular formula is C53H104N2O10P+. The maximum absolute atomic E-state index is 13.0. The molecule has 0 radical (unpaired) electrons. The molecule has 0 rings (SSSR count). The minimum absolute atomic E-state index is 0.0109. The van der Waals surface area contributed by atoms with E-state index in [4.69, 9.17) is 28.3 Å². The van der Waals surface area contributed by atoms with E-state index in [-0.39, 0.29) is 45.1 Å². The van der Waals surface area contributed by atoms with E-state index in [9.17, 15) is 24.3 Å². The number of ether oxygens (including phenoxy) is 3. The smallest absolute Gasteiger partial charge is 0.462 e. The molecule has 1 N–H and O–H groups in total. The SMILES string of the molecule is CCCCCCCCCCCCCCCCCC(=O)OCC(COC(CC#N)OOP(=O)(O)OCC[N+](CCC)(CCC)CCC)OC(=O)CCCCCCCCCCCCCCCCC. The van der Waals surface area contributed by atoms with Gasteiger partial charge in [0.25, 0.3) is 0 Å². The Bertz CT molecular complexity index is 1170. The van der Waals surface area contributed by atoms with Gasteiger partial charge in [0.05, 0.1) is 38.7 Å². The van der Waals surface area contributed by atoms with Crippen LogP contribution in [0.4, 0.5) is 0 Å². The number of hydrogen-bond donors (Lipinski definition) is 1. The zero-order chi connectivity index (χ0) is 48.7. The molecule has 0 saturated heterocycles. The van der Waals surface area contributed by atoms with E-state index < -0.39 is 26.2 Å². The van der Waals surface area contributed by atoms with Gasteiger partial charge in [-0.25, -0.2) is 4.57 Å². The first-order chi connectivity index (χ1) is 32.1. The number of phosphoric ester groups is 1. The molecule has 0 amide bonds. The van der Waals surface area contributed by atoms with Crippen molar-refractivity contribution in [1.29, 1.82) is 5.26 Å². The van der Waals surface area contributed by atoms with Crippen molar-refractivity contribution in [3.63, 3.8) is 0 Å². The summed E-state index contributed by atoms with van der Waals surface area (Å²) in [5.74, 6) is -0.804. The Balaban J connectivity index is 4.90. The van der Waals surface area contributed by atoms with Gasteiger partial charge in [-0.15, -0.1) is 4.67 Å². The molecule has 390 valence electrons. The molecule has 3 unspecified atom stereocenters. The minimum atomic E-state index is -4.65. The predicted molar refractivity (Wildman–Crippen MR) is 268 cm³/mol. The molecule has 0 fully saturated rings. The fourth-order valence-corrected chi connectivity index (χ4v) is 9.44. The quantitative estimate of drug-likeness (QED) is 0.0118. The summed E-state index contributed by atoms with van der Waals surface area (Å²) < 4.78 is 40.7. The molecule has 13 heteroatoms. The number of hydrogen-bond acceptors (Lipinski definition) is 10. The number of esters is 2. The third kappa shape index (κ3) is 41.4. The second kappa shape index (κ2) is 47.1. The largest absolute Gasteiger partial charge is 0.499 e. The van der Waals surface area contributed by atoms with Gasteiger partial charge < -0.3 is 23.6 Å². The number of nitrogens with zero attached hydrogens (tertiary/aromatic N) is 2.